The van der Waals surface area contributed by atoms with E-state index in [1.807, 2.05) is 10.8 Å². The molecule has 0 radical (unpaired) electrons. The molecular weight excluding hydrogens is 256 g/mol. The number of nitrogens with one attached hydrogen (secondary N) is 1. The molecule has 0 aliphatic carbocycles. The molecule has 0 spiro atoms. The van der Waals surface area contributed by atoms with Gasteiger partial charge in [-0.2, -0.15) is 0 Å². The van der Waals surface area contributed by atoms with Gasteiger partial charge in [0.25, 0.3) is 0 Å². The summed E-state index contributed by atoms with van der Waals surface area (Å²) < 4.78 is 12.7. The number of ether oxygens (including phenoxy) is 2. The summed E-state index contributed by atoms with van der Waals surface area (Å²) >= 11 is 0. The van der Waals surface area contributed by atoms with Gasteiger partial charge in [0.15, 0.2) is 11.5 Å². The lowest BCUT2D eigenvalue weighted by molar-refractivity contribution is 0.348. The first kappa shape index (κ1) is 14.3. The molecule has 0 saturated heterocycles. The summed E-state index contributed by atoms with van der Waals surface area (Å²) in [6, 6.07) is 1.79. The van der Waals surface area contributed by atoms with E-state index in [1.54, 1.807) is 32.7 Å². The van der Waals surface area contributed by atoms with E-state index in [1.165, 1.54) is 0 Å². The molecule has 20 heavy (non-hydrogen) atoms. The molecule has 1 N–H and O–H groups in total. The molecule has 0 aliphatic heterocycles. The number of methoxy groups -OCH3 is 2. The lowest BCUT2D eigenvalue weighted by atomic mass is 10.3. The van der Waals surface area contributed by atoms with Crippen LogP contribution in [0.15, 0.2) is 24.7 Å². The molecule has 2 aromatic heterocycles. The molecule has 6 heteroatoms. The molecule has 0 amide bonds. The predicted molar refractivity (Wildman–Crippen MR) is 76.1 cm³/mol. The fourth-order valence-corrected chi connectivity index (χ4v) is 2.01. The van der Waals surface area contributed by atoms with Crippen molar-refractivity contribution < 1.29 is 9.47 Å². The Kier molecular flexibility index (Phi) is 4.95. The van der Waals surface area contributed by atoms with Gasteiger partial charge in [-0.05, 0) is 6.54 Å². The summed E-state index contributed by atoms with van der Waals surface area (Å²) in [7, 11) is 3.24. The Bertz CT molecular complexity index is 554. The minimum absolute atomic E-state index is 0.598. The number of pyridine rings is 1. The van der Waals surface area contributed by atoms with E-state index in [2.05, 4.69) is 22.2 Å². The van der Waals surface area contributed by atoms with Gasteiger partial charge in [-0.15, -0.1) is 0 Å². The predicted octanol–water partition coefficient (Wildman–Crippen LogP) is 1.45. The van der Waals surface area contributed by atoms with E-state index in [-0.39, 0.29) is 0 Å². The maximum atomic E-state index is 5.40. The number of nitrogens with zero attached hydrogens (tertiary/aromatic N) is 3. The smallest absolute Gasteiger partial charge is 0.184 e. The molecule has 6 nitrogen and oxygen atoms in total. The highest BCUT2D eigenvalue weighted by molar-refractivity contribution is 5.42. The number of hydrogen-bond donors (Lipinski definition) is 1. The van der Waals surface area contributed by atoms with Crippen LogP contribution >= 0.6 is 0 Å². The third-order valence-corrected chi connectivity index (χ3v) is 3.02. The van der Waals surface area contributed by atoms with E-state index in [0.717, 1.165) is 24.6 Å². The summed E-state index contributed by atoms with van der Waals surface area (Å²) in [4.78, 5) is 8.73. The quantitative estimate of drug-likeness (QED) is 0.829. The fourth-order valence-electron chi connectivity index (χ4n) is 2.01. The summed E-state index contributed by atoms with van der Waals surface area (Å²) in [6.07, 6.45) is 5.45. The first-order valence-corrected chi connectivity index (χ1v) is 6.56. The first-order chi connectivity index (χ1) is 9.80. The van der Waals surface area contributed by atoms with Gasteiger partial charge >= 0.3 is 0 Å². The highest BCUT2D eigenvalue weighted by Crippen LogP contribution is 2.29. The van der Waals surface area contributed by atoms with Crippen LogP contribution in [-0.2, 0) is 13.1 Å². The van der Waals surface area contributed by atoms with Gasteiger partial charge in [0.1, 0.15) is 11.5 Å². The monoisotopic (exact) mass is 276 g/mol. The molecule has 0 bridgehead atoms. The molecule has 0 aliphatic rings. The Hall–Kier alpha value is -2.08. The third kappa shape index (κ3) is 3.08. The van der Waals surface area contributed by atoms with Crippen LogP contribution in [0, 0.1) is 0 Å². The molecule has 0 atom stereocenters. The van der Waals surface area contributed by atoms with Crippen molar-refractivity contribution in [3.05, 3.63) is 36.2 Å². The average Bonchev–Trinajstić information content (AvgIpc) is 2.92. The molecule has 0 aromatic carbocycles. The van der Waals surface area contributed by atoms with Gasteiger partial charge in [-0.25, -0.2) is 4.98 Å². The van der Waals surface area contributed by atoms with Crippen LogP contribution in [0.5, 0.6) is 11.5 Å². The van der Waals surface area contributed by atoms with Crippen LogP contribution in [-0.4, -0.2) is 35.3 Å². The number of imidazole rings is 1. The summed E-state index contributed by atoms with van der Waals surface area (Å²) in [5.41, 5.74) is 0.822. The second-order valence-electron chi connectivity index (χ2n) is 4.24. The second-order valence-corrected chi connectivity index (χ2v) is 4.24. The van der Waals surface area contributed by atoms with Crippen LogP contribution in [0.3, 0.4) is 0 Å². The molecule has 0 saturated carbocycles. The SMILES string of the molecule is CCNCc1nccn1Cc1nccc(OC)c1OC. The van der Waals surface area contributed by atoms with Crippen molar-refractivity contribution in [1.29, 1.82) is 0 Å². The molecule has 2 rings (SSSR count). The fraction of sp³-hybridized carbons (Fsp3) is 0.429. The van der Waals surface area contributed by atoms with Gasteiger partial charge in [0, 0.05) is 24.7 Å². The molecule has 2 aromatic rings. The van der Waals surface area contributed by atoms with E-state index in [9.17, 15) is 0 Å². The minimum atomic E-state index is 0.598. The summed E-state index contributed by atoms with van der Waals surface area (Å²) in [5, 5.41) is 3.27. The Balaban J connectivity index is 2.24. The number of aromatic nitrogens is 3. The van der Waals surface area contributed by atoms with Crippen molar-refractivity contribution in [3.63, 3.8) is 0 Å². The third-order valence-electron chi connectivity index (χ3n) is 3.02. The van der Waals surface area contributed by atoms with Crippen LogP contribution in [0.25, 0.3) is 0 Å². The molecular formula is C14H20N4O2. The molecule has 0 fully saturated rings. The van der Waals surface area contributed by atoms with Crippen LogP contribution in [0.1, 0.15) is 18.4 Å². The maximum Gasteiger partial charge on any atom is 0.184 e. The lowest BCUT2D eigenvalue weighted by Gasteiger charge is -2.13. The van der Waals surface area contributed by atoms with E-state index < -0.39 is 0 Å². The van der Waals surface area contributed by atoms with Crippen LogP contribution in [0.4, 0.5) is 0 Å². The highest BCUT2D eigenvalue weighted by Gasteiger charge is 2.12. The number of hydrogen-bond acceptors (Lipinski definition) is 5. The van der Waals surface area contributed by atoms with E-state index in [4.69, 9.17) is 9.47 Å². The van der Waals surface area contributed by atoms with Crippen molar-refractivity contribution in [2.75, 3.05) is 20.8 Å². The van der Waals surface area contributed by atoms with Gasteiger partial charge in [-0.3, -0.25) is 4.98 Å². The highest BCUT2D eigenvalue weighted by atomic mass is 16.5. The van der Waals surface area contributed by atoms with E-state index in [0.29, 0.717) is 18.0 Å². The normalized spacial score (nSPS) is 10.6. The molecule has 0 unspecified atom stereocenters. The zero-order valence-corrected chi connectivity index (χ0v) is 12.1. The van der Waals surface area contributed by atoms with Crippen LogP contribution < -0.4 is 14.8 Å². The zero-order chi connectivity index (χ0) is 14.4. The largest absolute Gasteiger partial charge is 0.493 e. The molecule has 108 valence electrons. The maximum absolute atomic E-state index is 5.40. The Morgan fingerprint density at radius 3 is 2.75 bits per heavy atom. The van der Waals surface area contributed by atoms with Crippen LogP contribution in [0.2, 0.25) is 0 Å². The summed E-state index contributed by atoms with van der Waals surface area (Å²) in [6.45, 7) is 4.31. The molecule has 2 heterocycles. The minimum Gasteiger partial charge on any atom is -0.493 e. The van der Waals surface area contributed by atoms with Crippen molar-refractivity contribution >= 4 is 0 Å². The summed E-state index contributed by atoms with van der Waals surface area (Å²) in [5.74, 6) is 2.32. The van der Waals surface area contributed by atoms with Crippen molar-refractivity contribution in [2.24, 2.45) is 0 Å². The van der Waals surface area contributed by atoms with Crippen molar-refractivity contribution in [1.82, 2.24) is 19.9 Å². The topological polar surface area (TPSA) is 61.2 Å². The Morgan fingerprint density at radius 1 is 1.20 bits per heavy atom. The van der Waals surface area contributed by atoms with Gasteiger partial charge in [-0.1, -0.05) is 6.92 Å². The van der Waals surface area contributed by atoms with Gasteiger partial charge in [0.2, 0.25) is 0 Å². The number of rotatable bonds is 7. The van der Waals surface area contributed by atoms with Gasteiger partial charge < -0.3 is 19.4 Å². The Labute approximate surface area is 118 Å². The van der Waals surface area contributed by atoms with Crippen molar-refractivity contribution in [3.8, 4) is 11.5 Å². The zero-order valence-electron chi connectivity index (χ0n) is 12.1. The average molecular weight is 276 g/mol. The van der Waals surface area contributed by atoms with Crippen molar-refractivity contribution in [2.45, 2.75) is 20.0 Å². The van der Waals surface area contributed by atoms with E-state index >= 15 is 0 Å². The lowest BCUT2D eigenvalue weighted by Crippen LogP contribution is -2.17. The Morgan fingerprint density at radius 2 is 2.05 bits per heavy atom. The first-order valence-electron chi connectivity index (χ1n) is 6.56. The second kappa shape index (κ2) is 6.91. The van der Waals surface area contributed by atoms with Gasteiger partial charge in [0.05, 0.1) is 27.3 Å². The standard InChI is InChI=1S/C14H20N4O2/c1-4-15-9-13-17-7-8-18(13)10-11-14(20-3)12(19-2)5-6-16-11/h5-8,15H,4,9-10H2,1-3H3.